The van der Waals surface area contributed by atoms with E-state index in [1.54, 1.807) is 7.11 Å². The van der Waals surface area contributed by atoms with E-state index in [1.807, 2.05) is 18.2 Å². The Morgan fingerprint density at radius 2 is 2.00 bits per heavy atom. The van der Waals surface area contributed by atoms with E-state index in [4.69, 9.17) is 16.3 Å². The molecule has 1 N–H and O–H groups in total. The Hall–Kier alpha value is -1.67. The van der Waals surface area contributed by atoms with E-state index >= 15 is 0 Å². The van der Waals surface area contributed by atoms with Crippen molar-refractivity contribution in [3.8, 4) is 5.75 Å². The van der Waals surface area contributed by atoms with Crippen LogP contribution in [0.2, 0.25) is 5.02 Å². The van der Waals surface area contributed by atoms with Crippen molar-refractivity contribution in [2.75, 3.05) is 12.4 Å². The molecular weight excluding hydrogens is 282 g/mol. The van der Waals surface area contributed by atoms with Crippen LogP contribution in [0.25, 0.3) is 0 Å². The molecule has 0 fully saturated rings. The molecule has 0 saturated heterocycles. The molecule has 0 amide bonds. The number of fused-ring (bicyclic) bond motifs is 1. The Morgan fingerprint density at radius 1 is 1.14 bits per heavy atom. The number of aryl methyl sites for hydroxylation is 1. The van der Waals surface area contributed by atoms with E-state index in [0.717, 1.165) is 22.9 Å². The third-order valence-electron chi connectivity index (χ3n) is 4.11. The third kappa shape index (κ3) is 3.16. The lowest BCUT2D eigenvalue weighted by atomic mass is 9.90. The van der Waals surface area contributed by atoms with Crippen molar-refractivity contribution in [2.45, 2.75) is 32.2 Å². The first-order chi connectivity index (χ1) is 10.3. The lowest BCUT2D eigenvalue weighted by Gasteiger charge is -2.20. The molecule has 2 nitrogen and oxygen atoms in total. The fourth-order valence-corrected chi connectivity index (χ4v) is 3.22. The first-order valence-electron chi connectivity index (χ1n) is 7.45. The summed E-state index contributed by atoms with van der Waals surface area (Å²) < 4.78 is 5.40. The predicted octanol–water partition coefficient (Wildman–Crippen LogP) is 4.84. The van der Waals surface area contributed by atoms with E-state index in [9.17, 15) is 0 Å². The molecule has 0 bridgehead atoms. The van der Waals surface area contributed by atoms with Gasteiger partial charge in [-0.25, -0.2) is 0 Å². The summed E-state index contributed by atoms with van der Waals surface area (Å²) in [5.74, 6) is 0.872. The highest BCUT2D eigenvalue weighted by molar-refractivity contribution is 6.30. The van der Waals surface area contributed by atoms with Crippen LogP contribution in [-0.4, -0.2) is 7.11 Å². The van der Waals surface area contributed by atoms with Gasteiger partial charge in [0, 0.05) is 22.8 Å². The van der Waals surface area contributed by atoms with Gasteiger partial charge in [-0.15, -0.1) is 0 Å². The summed E-state index contributed by atoms with van der Waals surface area (Å²) >= 11 is 6.09. The van der Waals surface area contributed by atoms with Crippen LogP contribution in [0.1, 0.15) is 29.5 Å². The standard InChI is InChI=1S/C18H20ClNO/c1-21-18-10-9-15(19)11-14(18)12-20-17-8-4-6-13-5-2-3-7-16(13)17/h4,6,8-11,20H,2-3,5,7,12H2,1H3. The minimum Gasteiger partial charge on any atom is -0.496 e. The van der Waals surface area contributed by atoms with Crippen molar-refractivity contribution in [1.29, 1.82) is 0 Å². The first-order valence-corrected chi connectivity index (χ1v) is 7.83. The van der Waals surface area contributed by atoms with Gasteiger partial charge in [-0.05, 0) is 61.1 Å². The fourth-order valence-electron chi connectivity index (χ4n) is 3.02. The van der Waals surface area contributed by atoms with Crippen LogP contribution in [0.4, 0.5) is 5.69 Å². The van der Waals surface area contributed by atoms with Gasteiger partial charge in [-0.3, -0.25) is 0 Å². The largest absolute Gasteiger partial charge is 0.496 e. The van der Waals surface area contributed by atoms with Crippen LogP contribution < -0.4 is 10.1 Å². The molecule has 1 aliphatic rings. The van der Waals surface area contributed by atoms with Crippen LogP contribution in [-0.2, 0) is 19.4 Å². The molecule has 21 heavy (non-hydrogen) atoms. The zero-order valence-corrected chi connectivity index (χ0v) is 13.0. The Morgan fingerprint density at radius 3 is 2.86 bits per heavy atom. The van der Waals surface area contributed by atoms with Crippen molar-refractivity contribution in [3.05, 3.63) is 58.1 Å². The monoisotopic (exact) mass is 301 g/mol. The molecule has 110 valence electrons. The Balaban J connectivity index is 1.81. The second-order valence-corrected chi connectivity index (χ2v) is 5.90. The molecule has 0 aliphatic heterocycles. The minimum absolute atomic E-state index is 0.722. The smallest absolute Gasteiger partial charge is 0.123 e. The fraction of sp³-hybridized carbons (Fsp3) is 0.333. The van der Waals surface area contributed by atoms with Gasteiger partial charge in [-0.1, -0.05) is 23.7 Å². The number of benzene rings is 2. The van der Waals surface area contributed by atoms with Crippen molar-refractivity contribution in [3.63, 3.8) is 0 Å². The number of ether oxygens (including phenoxy) is 1. The van der Waals surface area contributed by atoms with Crippen LogP contribution in [0.3, 0.4) is 0 Å². The van der Waals surface area contributed by atoms with Crippen molar-refractivity contribution in [1.82, 2.24) is 0 Å². The number of methoxy groups -OCH3 is 1. The molecule has 3 rings (SSSR count). The van der Waals surface area contributed by atoms with Gasteiger partial charge in [0.1, 0.15) is 5.75 Å². The summed E-state index contributed by atoms with van der Waals surface area (Å²) in [4.78, 5) is 0. The predicted molar refractivity (Wildman–Crippen MR) is 88.4 cm³/mol. The summed E-state index contributed by atoms with van der Waals surface area (Å²) in [5, 5.41) is 4.29. The molecule has 2 aromatic carbocycles. The molecular formula is C18H20ClNO. The number of rotatable bonds is 4. The second-order valence-electron chi connectivity index (χ2n) is 5.46. The van der Waals surface area contributed by atoms with Crippen molar-refractivity contribution < 1.29 is 4.74 Å². The number of hydrogen-bond donors (Lipinski definition) is 1. The molecule has 0 aromatic heterocycles. The lowest BCUT2D eigenvalue weighted by molar-refractivity contribution is 0.410. The Kier molecular flexibility index (Phi) is 4.35. The highest BCUT2D eigenvalue weighted by Crippen LogP contribution is 2.29. The van der Waals surface area contributed by atoms with Crippen LogP contribution in [0.5, 0.6) is 5.75 Å². The van der Waals surface area contributed by atoms with Gasteiger partial charge in [0.15, 0.2) is 0 Å². The van der Waals surface area contributed by atoms with Crippen LogP contribution in [0.15, 0.2) is 36.4 Å². The molecule has 0 unspecified atom stereocenters. The van der Waals surface area contributed by atoms with Gasteiger partial charge >= 0.3 is 0 Å². The van der Waals surface area contributed by atoms with E-state index in [-0.39, 0.29) is 0 Å². The highest BCUT2D eigenvalue weighted by Gasteiger charge is 2.13. The molecule has 0 saturated carbocycles. The quantitative estimate of drug-likeness (QED) is 0.872. The number of anilines is 1. The van der Waals surface area contributed by atoms with Gasteiger partial charge in [0.2, 0.25) is 0 Å². The molecule has 1 aliphatic carbocycles. The van der Waals surface area contributed by atoms with Gasteiger partial charge in [-0.2, -0.15) is 0 Å². The Bertz CT molecular complexity index is 639. The number of nitrogens with one attached hydrogen (secondary N) is 1. The van der Waals surface area contributed by atoms with E-state index in [2.05, 4.69) is 23.5 Å². The maximum atomic E-state index is 6.09. The van der Waals surface area contributed by atoms with Crippen molar-refractivity contribution >= 4 is 17.3 Å². The summed E-state index contributed by atoms with van der Waals surface area (Å²) in [6.45, 7) is 0.722. The SMILES string of the molecule is COc1ccc(Cl)cc1CNc1cccc2c1CCCC2. The maximum absolute atomic E-state index is 6.09. The lowest BCUT2D eigenvalue weighted by Crippen LogP contribution is -2.09. The summed E-state index contributed by atoms with van der Waals surface area (Å²) in [7, 11) is 1.69. The molecule has 0 spiro atoms. The van der Waals surface area contributed by atoms with Gasteiger partial charge in [0.25, 0.3) is 0 Å². The normalized spacial score (nSPS) is 13.6. The zero-order chi connectivity index (χ0) is 14.7. The zero-order valence-electron chi connectivity index (χ0n) is 12.3. The number of halogens is 1. The maximum Gasteiger partial charge on any atom is 0.123 e. The summed E-state index contributed by atoms with van der Waals surface area (Å²) in [6, 6.07) is 12.3. The van der Waals surface area contributed by atoms with Crippen LogP contribution >= 0.6 is 11.6 Å². The Labute approximate surface area is 131 Å². The molecule has 0 atom stereocenters. The van der Waals surface area contributed by atoms with Crippen molar-refractivity contribution in [2.24, 2.45) is 0 Å². The highest BCUT2D eigenvalue weighted by atomic mass is 35.5. The number of hydrogen-bond acceptors (Lipinski definition) is 2. The average Bonchev–Trinajstić information content (AvgIpc) is 2.53. The molecule has 0 heterocycles. The summed E-state index contributed by atoms with van der Waals surface area (Å²) in [5.41, 5.74) is 5.29. The molecule has 3 heteroatoms. The van der Waals surface area contributed by atoms with Crippen LogP contribution in [0, 0.1) is 0 Å². The molecule has 0 radical (unpaired) electrons. The topological polar surface area (TPSA) is 21.3 Å². The first kappa shape index (κ1) is 14.3. The van der Waals surface area contributed by atoms with E-state index < -0.39 is 0 Å². The molecule has 2 aromatic rings. The average molecular weight is 302 g/mol. The van der Waals surface area contributed by atoms with Gasteiger partial charge < -0.3 is 10.1 Å². The van der Waals surface area contributed by atoms with E-state index in [1.165, 1.54) is 42.5 Å². The van der Waals surface area contributed by atoms with Gasteiger partial charge in [0.05, 0.1) is 7.11 Å². The minimum atomic E-state index is 0.722. The summed E-state index contributed by atoms with van der Waals surface area (Å²) in [6.07, 6.45) is 4.96. The third-order valence-corrected chi connectivity index (χ3v) is 4.34. The van der Waals surface area contributed by atoms with E-state index in [0.29, 0.717) is 0 Å². The second kappa shape index (κ2) is 6.40.